The second-order valence-corrected chi connectivity index (χ2v) is 4.20. The molecule has 0 aromatic carbocycles. The fourth-order valence-corrected chi connectivity index (χ4v) is 1.22. The molecule has 7 heteroatoms. The molecule has 0 bridgehead atoms. The number of rotatable bonds is 3. The third-order valence-corrected chi connectivity index (χ3v) is 2.00. The molecule has 0 radical (unpaired) electrons. The van der Waals surface area contributed by atoms with Crippen LogP contribution in [0.4, 0.5) is 4.79 Å². The van der Waals surface area contributed by atoms with Crippen LogP contribution in [0.25, 0.3) is 0 Å². The van der Waals surface area contributed by atoms with Gasteiger partial charge in [-0.15, -0.1) is 5.10 Å². The first kappa shape index (κ1) is 11.4. The van der Waals surface area contributed by atoms with E-state index >= 15 is 0 Å². The first-order chi connectivity index (χ1) is 6.91. The number of carboxylic acid groups (broad SMARTS) is 1. The molecular weight excluding hydrogens is 198 g/mol. The highest BCUT2D eigenvalue weighted by atomic mass is 16.4. The predicted molar refractivity (Wildman–Crippen MR) is 52.4 cm³/mol. The zero-order chi connectivity index (χ0) is 11.5. The minimum atomic E-state index is -0.935. The van der Waals surface area contributed by atoms with E-state index in [1.807, 2.05) is 20.8 Å². The van der Waals surface area contributed by atoms with E-state index in [1.165, 1.54) is 4.90 Å². The van der Waals surface area contributed by atoms with Crippen molar-refractivity contribution in [2.24, 2.45) is 0 Å². The normalized spacial score (nSPS) is 11.4. The van der Waals surface area contributed by atoms with Gasteiger partial charge in [0.25, 0.3) is 0 Å². The molecule has 15 heavy (non-hydrogen) atoms. The van der Waals surface area contributed by atoms with Crippen LogP contribution >= 0.6 is 0 Å². The van der Waals surface area contributed by atoms with E-state index in [4.69, 9.17) is 5.11 Å². The average molecular weight is 213 g/mol. The second-order valence-electron chi connectivity index (χ2n) is 4.20. The van der Waals surface area contributed by atoms with Crippen LogP contribution in [0.3, 0.4) is 0 Å². The number of carbonyl (C=O) groups is 1. The first-order valence-electron chi connectivity index (χ1n) is 4.64. The molecule has 1 aromatic rings. The van der Waals surface area contributed by atoms with Gasteiger partial charge in [0.2, 0.25) is 0 Å². The number of amides is 1. The van der Waals surface area contributed by atoms with E-state index in [9.17, 15) is 4.79 Å². The summed E-state index contributed by atoms with van der Waals surface area (Å²) in [5.41, 5.74) is -0.417. The smallest absolute Gasteiger partial charge is 0.407 e. The molecule has 0 atom stereocenters. The topological polar surface area (TPSA) is 95.0 Å². The highest BCUT2D eigenvalue weighted by Crippen LogP contribution is 2.13. The molecule has 0 aliphatic rings. The molecule has 1 heterocycles. The monoisotopic (exact) mass is 213 g/mol. The lowest BCUT2D eigenvalue weighted by molar-refractivity contribution is 0.101. The predicted octanol–water partition coefficient (Wildman–Crippen LogP) is 0.521. The highest BCUT2D eigenvalue weighted by Gasteiger charge is 2.25. The summed E-state index contributed by atoms with van der Waals surface area (Å²) >= 11 is 0. The van der Waals surface area contributed by atoms with Crippen LogP contribution in [-0.4, -0.2) is 48.8 Å². The van der Waals surface area contributed by atoms with Gasteiger partial charge in [-0.2, -0.15) is 0 Å². The van der Waals surface area contributed by atoms with Crippen LogP contribution in [0.1, 0.15) is 26.6 Å². The summed E-state index contributed by atoms with van der Waals surface area (Å²) in [5, 5.41) is 22.1. The summed E-state index contributed by atoms with van der Waals surface area (Å²) in [4.78, 5) is 12.3. The van der Waals surface area contributed by atoms with Crippen LogP contribution < -0.4 is 0 Å². The summed E-state index contributed by atoms with van der Waals surface area (Å²) < 4.78 is 0. The number of H-pyrrole nitrogens is 1. The molecule has 2 N–H and O–H groups in total. The third kappa shape index (κ3) is 3.19. The Bertz CT molecular complexity index is 316. The highest BCUT2D eigenvalue weighted by molar-refractivity contribution is 5.65. The molecule has 0 aliphatic heterocycles. The molecule has 7 nitrogen and oxygen atoms in total. The quantitative estimate of drug-likeness (QED) is 0.763. The van der Waals surface area contributed by atoms with Gasteiger partial charge >= 0.3 is 6.09 Å². The van der Waals surface area contributed by atoms with Gasteiger partial charge in [-0.05, 0) is 31.2 Å². The third-order valence-electron chi connectivity index (χ3n) is 2.00. The van der Waals surface area contributed by atoms with Crippen molar-refractivity contribution >= 4 is 6.09 Å². The van der Waals surface area contributed by atoms with Crippen LogP contribution in [-0.2, 0) is 6.42 Å². The van der Waals surface area contributed by atoms with Gasteiger partial charge in [-0.1, -0.05) is 0 Å². The van der Waals surface area contributed by atoms with Gasteiger partial charge < -0.3 is 10.0 Å². The van der Waals surface area contributed by atoms with Crippen molar-refractivity contribution in [3.05, 3.63) is 5.82 Å². The van der Waals surface area contributed by atoms with E-state index in [1.54, 1.807) is 0 Å². The van der Waals surface area contributed by atoms with Crippen molar-refractivity contribution in [1.82, 2.24) is 25.5 Å². The largest absolute Gasteiger partial charge is 0.465 e. The minimum absolute atomic E-state index is 0.371. The minimum Gasteiger partial charge on any atom is -0.465 e. The molecule has 84 valence electrons. The lowest BCUT2D eigenvalue weighted by Crippen LogP contribution is -2.46. The molecule has 0 aliphatic carbocycles. The van der Waals surface area contributed by atoms with E-state index in [-0.39, 0.29) is 0 Å². The number of hydrogen-bond acceptors (Lipinski definition) is 4. The Morgan fingerprint density at radius 3 is 2.60 bits per heavy atom. The van der Waals surface area contributed by atoms with E-state index < -0.39 is 11.6 Å². The Labute approximate surface area is 87.5 Å². The Kier molecular flexibility index (Phi) is 3.23. The summed E-state index contributed by atoms with van der Waals surface area (Å²) in [6.45, 7) is 5.91. The summed E-state index contributed by atoms with van der Waals surface area (Å²) in [6, 6.07) is 0. The average Bonchev–Trinajstić information content (AvgIpc) is 2.53. The Hall–Kier alpha value is -1.66. The van der Waals surface area contributed by atoms with Gasteiger partial charge in [-0.25, -0.2) is 9.89 Å². The summed E-state index contributed by atoms with van der Waals surface area (Å²) in [5.74, 6) is 0.588. The van der Waals surface area contributed by atoms with Crippen LogP contribution in [0, 0.1) is 0 Å². The van der Waals surface area contributed by atoms with Crippen molar-refractivity contribution in [3.8, 4) is 0 Å². The molecular formula is C8H15N5O2. The van der Waals surface area contributed by atoms with Crippen LogP contribution in [0.15, 0.2) is 0 Å². The van der Waals surface area contributed by atoms with E-state index in [0.717, 1.165) is 0 Å². The Morgan fingerprint density at radius 2 is 2.20 bits per heavy atom. The number of nitrogens with one attached hydrogen (secondary N) is 1. The maximum Gasteiger partial charge on any atom is 0.407 e. The molecule has 0 unspecified atom stereocenters. The maximum atomic E-state index is 11.0. The lowest BCUT2D eigenvalue weighted by atomic mass is 10.1. The molecule has 1 aromatic heterocycles. The number of aromatic nitrogens is 4. The van der Waals surface area contributed by atoms with Gasteiger partial charge in [0.1, 0.15) is 5.82 Å². The van der Waals surface area contributed by atoms with Gasteiger partial charge in [0.05, 0.1) is 0 Å². The first-order valence-corrected chi connectivity index (χ1v) is 4.64. The number of aromatic amines is 1. The fourth-order valence-electron chi connectivity index (χ4n) is 1.22. The molecule has 1 amide bonds. The fraction of sp³-hybridized carbons (Fsp3) is 0.750. The molecule has 0 saturated heterocycles. The van der Waals surface area contributed by atoms with Crippen molar-refractivity contribution in [1.29, 1.82) is 0 Å². The molecule has 0 fully saturated rings. The van der Waals surface area contributed by atoms with Gasteiger partial charge in [0, 0.05) is 18.5 Å². The second kappa shape index (κ2) is 4.24. The molecule has 1 rings (SSSR count). The molecule has 0 saturated carbocycles. The SMILES string of the molecule is CC(C)(C)N(CCc1nnn[nH]1)C(=O)O. The van der Waals surface area contributed by atoms with Gasteiger partial charge in [-0.3, -0.25) is 0 Å². The lowest BCUT2D eigenvalue weighted by Gasteiger charge is -2.32. The maximum absolute atomic E-state index is 11.0. The van der Waals surface area contributed by atoms with Crippen LogP contribution in [0.5, 0.6) is 0 Å². The number of hydrogen-bond donors (Lipinski definition) is 2. The van der Waals surface area contributed by atoms with Gasteiger partial charge in [0.15, 0.2) is 0 Å². The van der Waals surface area contributed by atoms with Crippen molar-refractivity contribution in [3.63, 3.8) is 0 Å². The van der Waals surface area contributed by atoms with E-state index in [2.05, 4.69) is 20.6 Å². The summed E-state index contributed by atoms with van der Waals surface area (Å²) in [7, 11) is 0. The van der Waals surface area contributed by atoms with Crippen molar-refractivity contribution in [2.45, 2.75) is 32.7 Å². The number of nitrogens with zero attached hydrogens (tertiary/aromatic N) is 4. The van der Waals surface area contributed by atoms with Crippen molar-refractivity contribution in [2.75, 3.05) is 6.54 Å². The van der Waals surface area contributed by atoms with E-state index in [0.29, 0.717) is 18.8 Å². The molecule has 0 spiro atoms. The zero-order valence-electron chi connectivity index (χ0n) is 9.06. The Balaban J connectivity index is 2.57. The Morgan fingerprint density at radius 1 is 1.53 bits per heavy atom. The van der Waals surface area contributed by atoms with Crippen molar-refractivity contribution < 1.29 is 9.90 Å². The summed E-state index contributed by atoms with van der Waals surface area (Å²) in [6.07, 6.45) is -0.453. The zero-order valence-corrected chi connectivity index (χ0v) is 9.06. The standard InChI is InChI=1S/C8H15N5O2/c1-8(2,3)13(7(14)15)5-4-6-9-11-12-10-6/h4-5H2,1-3H3,(H,14,15)(H,9,10,11,12). The van der Waals surface area contributed by atoms with Crippen LogP contribution in [0.2, 0.25) is 0 Å². The number of tetrazole rings is 1.